The molecule has 116 valence electrons. The molecule has 0 aliphatic heterocycles. The SMILES string of the molecule is O=Cc1cc([N+](=O)[O-])ccc1OCc1csc(-c2ccoc2)n1. The molecule has 0 saturated carbocycles. The Morgan fingerprint density at radius 2 is 2.26 bits per heavy atom. The lowest BCUT2D eigenvalue weighted by atomic mass is 10.2. The topological polar surface area (TPSA) is 95.5 Å². The molecule has 3 rings (SSSR count). The van der Waals surface area contributed by atoms with E-state index >= 15 is 0 Å². The Balaban J connectivity index is 1.73. The summed E-state index contributed by atoms with van der Waals surface area (Å²) in [4.78, 5) is 25.6. The maximum atomic E-state index is 11.0. The van der Waals surface area contributed by atoms with Gasteiger partial charge in [0.2, 0.25) is 0 Å². The van der Waals surface area contributed by atoms with Crippen molar-refractivity contribution in [3.05, 3.63) is 63.5 Å². The van der Waals surface area contributed by atoms with Crippen molar-refractivity contribution in [2.45, 2.75) is 6.61 Å². The van der Waals surface area contributed by atoms with Gasteiger partial charge in [-0.15, -0.1) is 11.3 Å². The minimum absolute atomic E-state index is 0.129. The zero-order valence-electron chi connectivity index (χ0n) is 11.7. The molecule has 0 radical (unpaired) electrons. The molecule has 0 N–H and O–H groups in total. The summed E-state index contributed by atoms with van der Waals surface area (Å²) >= 11 is 1.45. The second-order valence-corrected chi connectivity index (χ2v) is 5.40. The first-order chi connectivity index (χ1) is 11.2. The summed E-state index contributed by atoms with van der Waals surface area (Å²) in [6, 6.07) is 5.69. The average molecular weight is 330 g/mol. The zero-order chi connectivity index (χ0) is 16.2. The van der Waals surface area contributed by atoms with Gasteiger partial charge in [0.1, 0.15) is 23.6 Å². The lowest BCUT2D eigenvalue weighted by Gasteiger charge is -2.06. The van der Waals surface area contributed by atoms with E-state index in [9.17, 15) is 14.9 Å². The Bertz CT molecular complexity index is 841. The van der Waals surface area contributed by atoms with E-state index in [0.29, 0.717) is 12.0 Å². The Morgan fingerprint density at radius 1 is 1.39 bits per heavy atom. The van der Waals surface area contributed by atoms with E-state index in [1.807, 2.05) is 11.4 Å². The maximum absolute atomic E-state index is 11.0. The second-order valence-electron chi connectivity index (χ2n) is 4.54. The molecular formula is C15H10N2O5S. The van der Waals surface area contributed by atoms with Gasteiger partial charge in [0.05, 0.1) is 22.4 Å². The van der Waals surface area contributed by atoms with Crippen LogP contribution >= 0.6 is 11.3 Å². The average Bonchev–Trinajstić information content (AvgIpc) is 3.23. The molecule has 0 spiro atoms. The molecule has 8 heteroatoms. The van der Waals surface area contributed by atoms with Crippen molar-refractivity contribution < 1.29 is 18.9 Å². The van der Waals surface area contributed by atoms with E-state index in [1.54, 1.807) is 12.5 Å². The minimum atomic E-state index is -0.561. The number of carbonyl (C=O) groups is 1. The van der Waals surface area contributed by atoms with E-state index in [2.05, 4.69) is 4.98 Å². The third kappa shape index (κ3) is 3.27. The normalized spacial score (nSPS) is 10.4. The third-order valence-corrected chi connectivity index (χ3v) is 3.97. The Morgan fingerprint density at radius 3 is 2.96 bits per heavy atom. The Hall–Kier alpha value is -3.00. The first kappa shape index (κ1) is 14.9. The molecule has 0 unspecified atom stereocenters. The largest absolute Gasteiger partial charge is 0.487 e. The number of aldehydes is 1. The van der Waals surface area contributed by atoms with Crippen molar-refractivity contribution in [2.75, 3.05) is 0 Å². The quantitative estimate of drug-likeness (QED) is 0.388. The minimum Gasteiger partial charge on any atom is -0.487 e. The smallest absolute Gasteiger partial charge is 0.270 e. The predicted molar refractivity (Wildman–Crippen MR) is 82.6 cm³/mol. The van der Waals surface area contributed by atoms with E-state index in [4.69, 9.17) is 9.15 Å². The number of nitrogens with zero attached hydrogens (tertiary/aromatic N) is 2. The van der Waals surface area contributed by atoms with Crippen LogP contribution in [0.4, 0.5) is 5.69 Å². The van der Waals surface area contributed by atoms with Crippen molar-refractivity contribution >= 4 is 23.3 Å². The van der Waals surface area contributed by atoms with E-state index < -0.39 is 4.92 Å². The fourth-order valence-electron chi connectivity index (χ4n) is 1.92. The van der Waals surface area contributed by atoms with Gasteiger partial charge in [-0.2, -0.15) is 0 Å². The first-order valence-electron chi connectivity index (χ1n) is 6.51. The molecule has 0 bridgehead atoms. The van der Waals surface area contributed by atoms with Gasteiger partial charge in [0, 0.05) is 23.1 Å². The van der Waals surface area contributed by atoms with Gasteiger partial charge in [-0.3, -0.25) is 14.9 Å². The summed E-state index contributed by atoms with van der Waals surface area (Å²) in [7, 11) is 0. The maximum Gasteiger partial charge on any atom is 0.270 e. The highest BCUT2D eigenvalue weighted by Gasteiger charge is 2.12. The summed E-state index contributed by atoms with van der Waals surface area (Å²) in [6.07, 6.45) is 3.70. The van der Waals surface area contributed by atoms with Gasteiger partial charge in [-0.05, 0) is 12.1 Å². The molecule has 1 aromatic carbocycles. The summed E-state index contributed by atoms with van der Waals surface area (Å²) in [6.45, 7) is 0.160. The van der Waals surface area contributed by atoms with Gasteiger partial charge in [0.15, 0.2) is 6.29 Å². The van der Waals surface area contributed by atoms with Crippen LogP contribution in [-0.2, 0) is 6.61 Å². The number of hydrogen-bond donors (Lipinski definition) is 0. The molecule has 2 aromatic heterocycles. The van der Waals surface area contributed by atoms with E-state index in [1.165, 1.54) is 29.5 Å². The van der Waals surface area contributed by atoms with Crippen LogP contribution in [0.25, 0.3) is 10.6 Å². The van der Waals surface area contributed by atoms with E-state index in [0.717, 1.165) is 10.6 Å². The van der Waals surface area contributed by atoms with Crippen LogP contribution in [0.1, 0.15) is 16.1 Å². The molecule has 0 atom stereocenters. The van der Waals surface area contributed by atoms with Crippen LogP contribution < -0.4 is 4.74 Å². The highest BCUT2D eigenvalue weighted by molar-refractivity contribution is 7.13. The number of furan rings is 1. The van der Waals surface area contributed by atoms with Crippen LogP contribution in [0.2, 0.25) is 0 Å². The molecule has 3 aromatic rings. The number of hydrogen-bond acceptors (Lipinski definition) is 7. The number of carbonyl (C=O) groups excluding carboxylic acids is 1. The molecule has 7 nitrogen and oxygen atoms in total. The summed E-state index contributed by atoms with van der Waals surface area (Å²) in [5.41, 5.74) is 1.55. The van der Waals surface area contributed by atoms with E-state index in [-0.39, 0.29) is 23.6 Å². The summed E-state index contributed by atoms with van der Waals surface area (Å²) < 4.78 is 10.6. The molecule has 0 aliphatic rings. The van der Waals surface area contributed by atoms with Gasteiger partial charge in [-0.1, -0.05) is 0 Å². The molecule has 0 amide bonds. The lowest BCUT2D eigenvalue weighted by molar-refractivity contribution is -0.384. The van der Waals surface area contributed by atoms with Crippen LogP contribution in [0.3, 0.4) is 0 Å². The Labute approximate surface area is 134 Å². The molecule has 23 heavy (non-hydrogen) atoms. The standard InChI is InChI=1S/C15H10N2O5S/c18-6-11-5-13(17(19)20)1-2-14(11)22-8-12-9-23-15(16-12)10-3-4-21-7-10/h1-7,9H,8H2. The van der Waals surface area contributed by atoms with Gasteiger partial charge < -0.3 is 9.15 Å². The number of benzene rings is 1. The predicted octanol–water partition coefficient (Wildman–Crippen LogP) is 3.70. The molecule has 0 saturated heterocycles. The van der Waals surface area contributed by atoms with Gasteiger partial charge in [0.25, 0.3) is 5.69 Å². The first-order valence-corrected chi connectivity index (χ1v) is 7.38. The molecule has 0 fully saturated rings. The van der Waals surface area contributed by atoms with Crippen LogP contribution in [0.5, 0.6) is 5.75 Å². The second kappa shape index (κ2) is 6.41. The third-order valence-electron chi connectivity index (χ3n) is 3.03. The van der Waals surface area contributed by atoms with Crippen molar-refractivity contribution in [1.82, 2.24) is 4.98 Å². The monoisotopic (exact) mass is 330 g/mol. The fourth-order valence-corrected chi connectivity index (χ4v) is 2.71. The highest BCUT2D eigenvalue weighted by Crippen LogP contribution is 2.26. The van der Waals surface area contributed by atoms with Crippen LogP contribution in [0, 0.1) is 10.1 Å². The lowest BCUT2D eigenvalue weighted by Crippen LogP contribution is -1.99. The van der Waals surface area contributed by atoms with Crippen molar-refractivity contribution in [3.8, 4) is 16.3 Å². The molecule has 2 heterocycles. The zero-order valence-corrected chi connectivity index (χ0v) is 12.5. The molecule has 0 aliphatic carbocycles. The number of aromatic nitrogens is 1. The van der Waals surface area contributed by atoms with Crippen molar-refractivity contribution in [3.63, 3.8) is 0 Å². The van der Waals surface area contributed by atoms with Crippen molar-refractivity contribution in [2.24, 2.45) is 0 Å². The van der Waals surface area contributed by atoms with Crippen molar-refractivity contribution in [1.29, 1.82) is 0 Å². The Kier molecular flexibility index (Phi) is 4.15. The number of non-ortho nitro benzene ring substituents is 1. The molecular weight excluding hydrogens is 320 g/mol. The van der Waals surface area contributed by atoms with Gasteiger partial charge >= 0.3 is 0 Å². The number of nitro groups is 1. The highest BCUT2D eigenvalue weighted by atomic mass is 32.1. The van der Waals surface area contributed by atoms with Crippen LogP contribution in [-0.4, -0.2) is 16.2 Å². The number of ether oxygens (including phenoxy) is 1. The summed E-state index contributed by atoms with van der Waals surface area (Å²) in [5.74, 6) is 0.281. The van der Waals surface area contributed by atoms with Crippen LogP contribution in [0.15, 0.2) is 46.6 Å². The number of nitro benzene ring substituents is 1. The number of thiazole rings is 1. The summed E-state index contributed by atoms with van der Waals surface area (Å²) in [5, 5.41) is 13.4. The fraction of sp³-hybridized carbons (Fsp3) is 0.0667. The number of rotatable bonds is 6. The van der Waals surface area contributed by atoms with Gasteiger partial charge in [-0.25, -0.2) is 4.98 Å².